The number of carbonyl (C=O) groups excluding carboxylic acids is 1. The fourth-order valence-electron chi connectivity index (χ4n) is 2.55. The van der Waals surface area contributed by atoms with Gasteiger partial charge in [0, 0.05) is 32.4 Å². The standard InChI is InChI=1S/C14H16N4O5S2/c19-12(20)10-17-9-11(8-15-17)14(21)16-3-5-18(6-4-16)25(22,23)13-2-1-7-24-13/h1-2,7-9H,3-6,10H2,(H,19,20). The van der Waals surface area contributed by atoms with Crippen LogP contribution in [0.3, 0.4) is 0 Å². The van der Waals surface area contributed by atoms with Crippen LogP contribution < -0.4 is 0 Å². The number of carboxylic acid groups (broad SMARTS) is 1. The van der Waals surface area contributed by atoms with E-state index in [0.29, 0.717) is 4.21 Å². The maximum atomic E-state index is 12.5. The second-order valence-electron chi connectivity index (χ2n) is 5.45. The number of nitrogens with zero attached hydrogens (tertiary/aromatic N) is 4. The number of piperazine rings is 1. The molecular formula is C14H16N4O5S2. The lowest BCUT2D eigenvalue weighted by Crippen LogP contribution is -2.50. The van der Waals surface area contributed by atoms with Crippen LogP contribution in [0, 0.1) is 0 Å². The highest BCUT2D eigenvalue weighted by molar-refractivity contribution is 7.91. The summed E-state index contributed by atoms with van der Waals surface area (Å²) in [4.78, 5) is 24.6. The van der Waals surface area contributed by atoms with Crippen LogP contribution in [-0.2, 0) is 21.4 Å². The molecule has 0 spiro atoms. The van der Waals surface area contributed by atoms with Crippen LogP contribution in [0.15, 0.2) is 34.1 Å². The number of thiophene rings is 1. The van der Waals surface area contributed by atoms with Crippen LogP contribution in [0.1, 0.15) is 10.4 Å². The SMILES string of the molecule is O=C(O)Cn1cc(C(=O)N2CCN(S(=O)(=O)c3cccs3)CC2)cn1. The predicted octanol–water partition coefficient (Wildman–Crippen LogP) is 0.176. The van der Waals surface area contributed by atoms with Gasteiger partial charge in [0.2, 0.25) is 0 Å². The van der Waals surface area contributed by atoms with Crippen molar-refractivity contribution in [3.05, 3.63) is 35.5 Å². The molecule has 2 aromatic rings. The first-order valence-corrected chi connectivity index (χ1v) is 9.77. The Bertz CT molecular complexity index is 867. The molecule has 25 heavy (non-hydrogen) atoms. The molecule has 1 aliphatic rings. The van der Waals surface area contributed by atoms with E-state index in [0.717, 1.165) is 0 Å². The van der Waals surface area contributed by atoms with Gasteiger partial charge in [-0.3, -0.25) is 14.3 Å². The van der Waals surface area contributed by atoms with Gasteiger partial charge in [0.25, 0.3) is 15.9 Å². The van der Waals surface area contributed by atoms with Crippen molar-refractivity contribution >= 4 is 33.2 Å². The molecule has 0 aromatic carbocycles. The Morgan fingerprint density at radius 2 is 1.96 bits per heavy atom. The third kappa shape index (κ3) is 3.72. The van der Waals surface area contributed by atoms with Crippen LogP contribution in [0.5, 0.6) is 0 Å². The number of rotatable bonds is 5. The summed E-state index contributed by atoms with van der Waals surface area (Å²) in [6, 6.07) is 3.25. The van der Waals surface area contributed by atoms with Gasteiger partial charge in [0.05, 0.1) is 11.8 Å². The Morgan fingerprint density at radius 1 is 1.24 bits per heavy atom. The van der Waals surface area contributed by atoms with E-state index in [2.05, 4.69) is 5.10 Å². The highest BCUT2D eigenvalue weighted by atomic mass is 32.2. The molecule has 0 aliphatic carbocycles. The summed E-state index contributed by atoms with van der Waals surface area (Å²) in [5.41, 5.74) is 0.288. The van der Waals surface area contributed by atoms with E-state index in [1.165, 1.54) is 32.7 Å². The fraction of sp³-hybridized carbons (Fsp3) is 0.357. The first-order valence-electron chi connectivity index (χ1n) is 7.45. The fourth-order valence-corrected chi connectivity index (χ4v) is 5.12. The average Bonchev–Trinajstić information content (AvgIpc) is 3.25. The molecule has 134 valence electrons. The number of carbonyl (C=O) groups is 2. The molecule has 1 aliphatic heterocycles. The zero-order valence-corrected chi connectivity index (χ0v) is 14.7. The van der Waals surface area contributed by atoms with Crippen LogP contribution in [0.25, 0.3) is 0 Å². The number of amides is 1. The second kappa shape index (κ2) is 6.94. The quantitative estimate of drug-likeness (QED) is 0.787. The van der Waals surface area contributed by atoms with Gasteiger partial charge >= 0.3 is 5.97 Å². The van der Waals surface area contributed by atoms with Gasteiger partial charge < -0.3 is 10.0 Å². The van der Waals surface area contributed by atoms with Crippen LogP contribution in [-0.4, -0.2) is 70.6 Å². The van der Waals surface area contributed by atoms with Gasteiger partial charge in [0.15, 0.2) is 0 Å². The maximum Gasteiger partial charge on any atom is 0.325 e. The summed E-state index contributed by atoms with van der Waals surface area (Å²) >= 11 is 1.17. The number of aliphatic carboxylic acids is 1. The number of carboxylic acids is 1. The molecule has 1 saturated heterocycles. The van der Waals surface area contributed by atoms with Gasteiger partial charge in [-0.15, -0.1) is 11.3 Å². The normalized spacial score (nSPS) is 16.1. The monoisotopic (exact) mass is 384 g/mol. The highest BCUT2D eigenvalue weighted by Crippen LogP contribution is 2.22. The average molecular weight is 384 g/mol. The number of sulfonamides is 1. The minimum Gasteiger partial charge on any atom is -0.480 e. The molecule has 3 rings (SSSR count). The van der Waals surface area contributed by atoms with E-state index in [9.17, 15) is 18.0 Å². The Balaban J connectivity index is 1.63. The summed E-state index contributed by atoms with van der Waals surface area (Å²) in [5, 5.41) is 14.3. The first-order chi connectivity index (χ1) is 11.9. The molecule has 1 N–H and O–H groups in total. The number of hydrogen-bond donors (Lipinski definition) is 1. The Hall–Kier alpha value is -2.24. The smallest absolute Gasteiger partial charge is 0.325 e. The van der Waals surface area contributed by atoms with Crippen molar-refractivity contribution in [2.75, 3.05) is 26.2 Å². The van der Waals surface area contributed by atoms with Crippen molar-refractivity contribution in [2.24, 2.45) is 0 Å². The van der Waals surface area contributed by atoms with Gasteiger partial charge in [0.1, 0.15) is 10.8 Å². The van der Waals surface area contributed by atoms with E-state index < -0.39 is 16.0 Å². The first kappa shape index (κ1) is 17.6. The molecule has 2 aromatic heterocycles. The van der Waals surface area contributed by atoms with E-state index in [4.69, 9.17) is 5.11 Å². The lowest BCUT2D eigenvalue weighted by molar-refractivity contribution is -0.137. The zero-order valence-electron chi connectivity index (χ0n) is 13.1. The molecule has 0 bridgehead atoms. The second-order valence-corrected chi connectivity index (χ2v) is 8.56. The van der Waals surface area contributed by atoms with Crippen molar-refractivity contribution < 1.29 is 23.1 Å². The molecule has 0 saturated carbocycles. The molecule has 0 radical (unpaired) electrons. The minimum absolute atomic E-state index is 0.217. The highest BCUT2D eigenvalue weighted by Gasteiger charge is 2.31. The molecule has 0 atom stereocenters. The summed E-state index contributed by atoms with van der Waals surface area (Å²) in [6.07, 6.45) is 2.70. The van der Waals surface area contributed by atoms with Crippen LogP contribution in [0.4, 0.5) is 0 Å². The van der Waals surface area contributed by atoms with Crippen molar-refractivity contribution in [1.82, 2.24) is 19.0 Å². The van der Waals surface area contributed by atoms with Crippen LogP contribution in [0.2, 0.25) is 0 Å². The summed E-state index contributed by atoms with van der Waals surface area (Å²) in [7, 11) is -3.51. The Labute approximate surface area is 148 Å². The molecular weight excluding hydrogens is 368 g/mol. The topological polar surface area (TPSA) is 113 Å². The van der Waals surface area contributed by atoms with Gasteiger partial charge in [-0.2, -0.15) is 9.40 Å². The summed E-state index contributed by atoms with van der Waals surface area (Å²) in [6.45, 7) is 0.658. The molecule has 3 heterocycles. The van der Waals surface area contributed by atoms with E-state index in [-0.39, 0.29) is 44.2 Å². The molecule has 11 heteroatoms. The third-order valence-corrected chi connectivity index (χ3v) is 7.06. The zero-order chi connectivity index (χ0) is 18.0. The minimum atomic E-state index is -3.51. The Morgan fingerprint density at radius 3 is 2.56 bits per heavy atom. The van der Waals surface area contributed by atoms with Crippen molar-refractivity contribution in [3.63, 3.8) is 0 Å². The van der Waals surface area contributed by atoms with Crippen molar-refractivity contribution in [2.45, 2.75) is 10.8 Å². The van der Waals surface area contributed by atoms with Gasteiger partial charge in [-0.1, -0.05) is 6.07 Å². The maximum absolute atomic E-state index is 12.5. The molecule has 9 nitrogen and oxygen atoms in total. The molecule has 0 unspecified atom stereocenters. The van der Waals surface area contributed by atoms with Gasteiger partial charge in [-0.25, -0.2) is 8.42 Å². The van der Waals surface area contributed by atoms with E-state index in [1.807, 2.05) is 0 Å². The predicted molar refractivity (Wildman–Crippen MR) is 88.8 cm³/mol. The van der Waals surface area contributed by atoms with Gasteiger partial charge in [-0.05, 0) is 11.4 Å². The lowest BCUT2D eigenvalue weighted by Gasteiger charge is -2.33. The molecule has 1 amide bonds. The van der Waals surface area contributed by atoms with Crippen molar-refractivity contribution in [3.8, 4) is 0 Å². The lowest BCUT2D eigenvalue weighted by atomic mass is 10.2. The van der Waals surface area contributed by atoms with Crippen molar-refractivity contribution in [1.29, 1.82) is 0 Å². The number of aromatic nitrogens is 2. The van der Waals surface area contributed by atoms with E-state index in [1.54, 1.807) is 22.4 Å². The molecule has 1 fully saturated rings. The third-order valence-electron chi connectivity index (χ3n) is 3.79. The number of hydrogen-bond acceptors (Lipinski definition) is 6. The largest absolute Gasteiger partial charge is 0.480 e. The van der Waals surface area contributed by atoms with Crippen LogP contribution >= 0.6 is 11.3 Å². The summed E-state index contributed by atoms with van der Waals surface area (Å²) in [5.74, 6) is -1.33. The summed E-state index contributed by atoms with van der Waals surface area (Å²) < 4.78 is 27.8. The van der Waals surface area contributed by atoms with E-state index >= 15 is 0 Å². The Kier molecular flexibility index (Phi) is 4.88.